The average Bonchev–Trinajstić information content (AvgIpc) is 3.63. The van der Waals surface area contributed by atoms with Gasteiger partial charge in [0.15, 0.2) is 12.6 Å². The second-order valence-electron chi connectivity index (χ2n) is 23.6. The Kier molecular flexibility index (Phi) is 49.5. The third-order valence-electron chi connectivity index (χ3n) is 16.1. The molecule has 482 valence electrons. The third-order valence-corrected chi connectivity index (χ3v) is 16.1. The second-order valence-corrected chi connectivity index (χ2v) is 23.6. The zero-order valence-electron chi connectivity index (χ0n) is 52.2. The number of carbonyl (C=O) groups excluding carboxylic acids is 1. The smallest absolute Gasteiger partial charge is 0.220 e. The molecule has 2 aliphatic heterocycles. The third kappa shape index (κ3) is 38.4. The van der Waals surface area contributed by atoms with Gasteiger partial charge in [-0.3, -0.25) is 4.79 Å². The molecule has 0 aliphatic carbocycles. The van der Waals surface area contributed by atoms with Crippen LogP contribution >= 0.6 is 0 Å². The maximum atomic E-state index is 13.3. The minimum atomic E-state index is -1.79. The van der Waals surface area contributed by atoms with E-state index in [1.54, 1.807) is 6.08 Å². The van der Waals surface area contributed by atoms with Crippen molar-refractivity contribution in [3.63, 3.8) is 0 Å². The number of aliphatic hydroxyl groups is 8. The van der Waals surface area contributed by atoms with Crippen LogP contribution in [0.25, 0.3) is 0 Å². The fraction of sp³-hybridized carbons (Fsp3) is 0.812. The Morgan fingerprint density at radius 2 is 0.807 bits per heavy atom. The van der Waals surface area contributed by atoms with Crippen LogP contribution in [-0.4, -0.2) is 140 Å². The fourth-order valence-electron chi connectivity index (χ4n) is 10.7. The predicted octanol–water partition coefficient (Wildman–Crippen LogP) is 13.1. The maximum absolute atomic E-state index is 13.3. The number of aliphatic hydroxyl groups excluding tert-OH is 8. The molecule has 83 heavy (non-hydrogen) atoms. The summed E-state index contributed by atoms with van der Waals surface area (Å²) in [6, 6.07) is -0.940. The molecule has 0 radical (unpaired) electrons. The minimum Gasteiger partial charge on any atom is -0.394 e. The molecule has 2 heterocycles. The van der Waals surface area contributed by atoms with Crippen molar-refractivity contribution in [3.05, 3.63) is 72.9 Å². The quantitative estimate of drug-likeness (QED) is 0.0204. The van der Waals surface area contributed by atoms with Gasteiger partial charge < -0.3 is 65.1 Å². The van der Waals surface area contributed by atoms with Crippen LogP contribution < -0.4 is 5.32 Å². The van der Waals surface area contributed by atoms with E-state index in [-0.39, 0.29) is 18.9 Å². The molecule has 14 nitrogen and oxygen atoms in total. The standard InChI is InChI=1S/C69H123NO13/c1-3-5-7-9-11-13-15-17-19-21-22-23-24-25-26-27-28-29-30-31-32-33-34-35-36-37-39-41-43-45-47-49-51-53-61(74)70-57(58(73)52-50-48-46-44-42-40-38-20-18-16-14-12-10-8-6-4-2)56-80-68-66(79)64(77)67(60(55-72)82-68)83-69-65(78)63(76)62(75)59(54-71)81-69/h15,17-18,20-22,24-25,42,44,50,52,57-60,62-69,71-73,75-79H,3-14,16,19,23,26-41,43,45-49,51,53-56H2,1-2H3,(H,70,74)/b17-15-,20-18+,22-21-,25-24-,44-42+,52-50+. The molecule has 12 unspecified atom stereocenters. The van der Waals surface area contributed by atoms with Gasteiger partial charge in [0.1, 0.15) is 48.8 Å². The largest absolute Gasteiger partial charge is 0.394 e. The van der Waals surface area contributed by atoms with Gasteiger partial charge in [0.25, 0.3) is 0 Å². The van der Waals surface area contributed by atoms with Crippen LogP contribution in [0, 0.1) is 0 Å². The van der Waals surface area contributed by atoms with Gasteiger partial charge >= 0.3 is 0 Å². The number of allylic oxidation sites excluding steroid dienone is 11. The summed E-state index contributed by atoms with van der Waals surface area (Å²) >= 11 is 0. The summed E-state index contributed by atoms with van der Waals surface area (Å²) in [5.74, 6) is -0.253. The molecule has 0 spiro atoms. The van der Waals surface area contributed by atoms with Gasteiger partial charge in [0.2, 0.25) is 5.91 Å². The number of amides is 1. The van der Waals surface area contributed by atoms with Gasteiger partial charge in [-0.25, -0.2) is 0 Å². The first-order chi connectivity index (χ1) is 40.6. The lowest BCUT2D eigenvalue weighted by molar-refractivity contribution is -0.359. The Hall–Kier alpha value is -2.57. The van der Waals surface area contributed by atoms with E-state index >= 15 is 0 Å². The molecule has 2 fully saturated rings. The number of hydrogen-bond donors (Lipinski definition) is 9. The molecule has 2 rings (SSSR count). The molecule has 0 saturated carbocycles. The molecule has 0 aromatic heterocycles. The molecule has 0 aromatic rings. The van der Waals surface area contributed by atoms with E-state index in [0.717, 1.165) is 57.8 Å². The zero-order chi connectivity index (χ0) is 60.2. The van der Waals surface area contributed by atoms with E-state index < -0.39 is 86.8 Å². The zero-order valence-corrected chi connectivity index (χ0v) is 52.2. The summed E-state index contributed by atoms with van der Waals surface area (Å²) in [6.45, 7) is 2.76. The summed E-state index contributed by atoms with van der Waals surface area (Å²) in [6.07, 6.45) is 55.3. The summed E-state index contributed by atoms with van der Waals surface area (Å²) < 4.78 is 22.8. The minimum absolute atomic E-state index is 0.253. The van der Waals surface area contributed by atoms with Crippen molar-refractivity contribution < 1.29 is 64.6 Å². The Labute approximate surface area is 504 Å². The topological polar surface area (TPSA) is 228 Å². The number of unbranched alkanes of at least 4 members (excludes halogenated alkanes) is 31. The number of hydrogen-bond acceptors (Lipinski definition) is 13. The first kappa shape index (κ1) is 76.5. The van der Waals surface area contributed by atoms with E-state index in [9.17, 15) is 45.6 Å². The van der Waals surface area contributed by atoms with Gasteiger partial charge in [-0.2, -0.15) is 0 Å². The van der Waals surface area contributed by atoms with Gasteiger partial charge in [0.05, 0.1) is 32.0 Å². The Morgan fingerprint density at radius 1 is 0.434 bits per heavy atom. The van der Waals surface area contributed by atoms with E-state index in [0.29, 0.717) is 12.8 Å². The van der Waals surface area contributed by atoms with Crippen molar-refractivity contribution in [3.8, 4) is 0 Å². The van der Waals surface area contributed by atoms with Crippen molar-refractivity contribution in [2.24, 2.45) is 0 Å². The lowest BCUT2D eigenvalue weighted by Crippen LogP contribution is -2.65. The van der Waals surface area contributed by atoms with Crippen molar-refractivity contribution in [1.82, 2.24) is 5.32 Å². The maximum Gasteiger partial charge on any atom is 0.220 e. The molecule has 2 saturated heterocycles. The number of nitrogens with one attached hydrogen (secondary N) is 1. The molecule has 0 bridgehead atoms. The van der Waals surface area contributed by atoms with Crippen molar-refractivity contribution in [2.75, 3.05) is 19.8 Å². The van der Waals surface area contributed by atoms with Crippen LogP contribution in [0.3, 0.4) is 0 Å². The highest BCUT2D eigenvalue weighted by Crippen LogP contribution is 2.30. The van der Waals surface area contributed by atoms with Crippen LogP contribution in [0.15, 0.2) is 72.9 Å². The lowest BCUT2D eigenvalue weighted by Gasteiger charge is -2.46. The molecule has 1 amide bonds. The number of rotatable bonds is 54. The Bertz CT molecular complexity index is 1670. The molecule has 0 aromatic carbocycles. The molecule has 12 atom stereocenters. The molecular weight excluding hydrogens is 1050 g/mol. The number of carbonyl (C=O) groups is 1. The second kappa shape index (κ2) is 53.7. The fourth-order valence-corrected chi connectivity index (χ4v) is 10.7. The van der Waals surface area contributed by atoms with Crippen LogP contribution in [0.1, 0.15) is 264 Å². The van der Waals surface area contributed by atoms with Gasteiger partial charge in [-0.15, -0.1) is 0 Å². The highest BCUT2D eigenvalue weighted by molar-refractivity contribution is 5.76. The van der Waals surface area contributed by atoms with E-state index in [1.807, 2.05) is 6.08 Å². The van der Waals surface area contributed by atoms with Gasteiger partial charge in [0, 0.05) is 6.42 Å². The Balaban J connectivity index is 1.65. The first-order valence-electron chi connectivity index (χ1n) is 33.7. The van der Waals surface area contributed by atoms with Crippen LogP contribution in [-0.2, 0) is 23.7 Å². The molecule has 2 aliphatic rings. The van der Waals surface area contributed by atoms with E-state index in [2.05, 4.69) is 79.9 Å². The Morgan fingerprint density at radius 3 is 1.27 bits per heavy atom. The molecular formula is C69H123NO13. The summed E-state index contributed by atoms with van der Waals surface area (Å²) in [5.41, 5.74) is 0. The lowest BCUT2D eigenvalue weighted by atomic mass is 9.97. The van der Waals surface area contributed by atoms with E-state index in [4.69, 9.17) is 18.9 Å². The van der Waals surface area contributed by atoms with Crippen LogP contribution in [0.4, 0.5) is 0 Å². The summed E-state index contributed by atoms with van der Waals surface area (Å²) in [7, 11) is 0. The number of ether oxygens (including phenoxy) is 4. The highest BCUT2D eigenvalue weighted by Gasteiger charge is 2.51. The molecule has 14 heteroatoms. The van der Waals surface area contributed by atoms with Crippen LogP contribution in [0.2, 0.25) is 0 Å². The van der Waals surface area contributed by atoms with Gasteiger partial charge in [-0.1, -0.05) is 247 Å². The van der Waals surface area contributed by atoms with Crippen molar-refractivity contribution in [1.29, 1.82) is 0 Å². The summed E-state index contributed by atoms with van der Waals surface area (Å²) in [5, 5.41) is 87.2. The van der Waals surface area contributed by atoms with Crippen LogP contribution in [0.5, 0.6) is 0 Å². The molecule has 9 N–H and O–H groups in total. The average molecular weight is 1170 g/mol. The predicted molar refractivity (Wildman–Crippen MR) is 337 cm³/mol. The monoisotopic (exact) mass is 1170 g/mol. The van der Waals surface area contributed by atoms with Crippen molar-refractivity contribution in [2.45, 2.75) is 338 Å². The van der Waals surface area contributed by atoms with E-state index in [1.165, 1.54) is 173 Å². The normalized spacial score (nSPS) is 24.3. The van der Waals surface area contributed by atoms with Crippen molar-refractivity contribution >= 4 is 5.91 Å². The first-order valence-corrected chi connectivity index (χ1v) is 33.7. The highest BCUT2D eigenvalue weighted by atomic mass is 16.7. The van der Waals surface area contributed by atoms with Gasteiger partial charge in [-0.05, 0) is 83.5 Å². The summed E-state index contributed by atoms with van der Waals surface area (Å²) in [4.78, 5) is 13.3. The SMILES string of the molecule is CCCCCCC/C=C\C/C=C\C/C=C\CCCCCCCCCCCCCCCCCCCCC(=O)NC(COC1OC(CO)C(OC2OC(CO)C(O)C(O)C2O)C(O)C1O)C(O)/C=C/CC/C=C/CC/C=C/CCCCCCCC.